The van der Waals surface area contributed by atoms with Gasteiger partial charge in [0.25, 0.3) is 0 Å². The van der Waals surface area contributed by atoms with E-state index in [2.05, 4.69) is 0 Å². The van der Waals surface area contributed by atoms with Crippen LogP contribution in [0.2, 0.25) is 5.02 Å². The second kappa shape index (κ2) is 5.85. The molecule has 0 saturated carbocycles. The molecule has 18 heavy (non-hydrogen) atoms. The normalized spacial score (nSPS) is 10.9. The van der Waals surface area contributed by atoms with Crippen molar-refractivity contribution in [2.75, 3.05) is 5.75 Å². The zero-order valence-electron chi connectivity index (χ0n) is 9.26. The molecule has 7 heteroatoms. The van der Waals surface area contributed by atoms with Crippen molar-refractivity contribution in [2.45, 2.75) is 17.7 Å². The van der Waals surface area contributed by atoms with Crippen LogP contribution in [0.1, 0.15) is 23.2 Å². The number of aromatic carboxylic acids is 1. The summed E-state index contributed by atoms with van der Waals surface area (Å²) in [6.45, 7) is 0. The Kier molecular flexibility index (Phi) is 4.70. The van der Waals surface area contributed by atoms with Crippen LogP contribution < -0.4 is 0 Å². The fourth-order valence-electron chi connectivity index (χ4n) is 1.32. The van der Waals surface area contributed by atoms with Gasteiger partial charge < -0.3 is 5.11 Å². The first-order chi connectivity index (χ1) is 8.38. The lowest BCUT2D eigenvalue weighted by Gasteiger charge is -2.05. The third-order valence-corrected chi connectivity index (χ3v) is 4.36. The molecule has 1 rings (SSSR count). The maximum atomic E-state index is 11.8. The number of carboxylic acid groups (broad SMARTS) is 1. The minimum absolute atomic E-state index is 0.0153. The first-order valence-electron chi connectivity index (χ1n) is 5.01. The average Bonchev–Trinajstić information content (AvgIpc) is 2.29. The minimum Gasteiger partial charge on any atom is -0.478 e. The number of hydrogen-bond donors (Lipinski definition) is 1. The Bertz CT molecular complexity index is 604. The first kappa shape index (κ1) is 14.5. The molecular weight excluding hydrogens is 278 g/mol. The Morgan fingerprint density at radius 3 is 2.67 bits per heavy atom. The summed E-state index contributed by atoms with van der Waals surface area (Å²) in [6.07, 6.45) is 0.350. The van der Waals surface area contributed by atoms with E-state index >= 15 is 0 Å². The Labute approximate surface area is 110 Å². The van der Waals surface area contributed by atoms with E-state index in [1.165, 1.54) is 12.1 Å². The zero-order chi connectivity index (χ0) is 13.8. The second-order valence-corrected chi connectivity index (χ2v) is 6.04. The van der Waals surface area contributed by atoms with E-state index in [1.807, 2.05) is 6.07 Å². The van der Waals surface area contributed by atoms with Gasteiger partial charge in [-0.1, -0.05) is 11.6 Å². The molecule has 0 unspecified atom stereocenters. The summed E-state index contributed by atoms with van der Waals surface area (Å²) in [6, 6.07) is 5.38. The molecular formula is C11H10ClNO4S. The van der Waals surface area contributed by atoms with E-state index in [1.54, 1.807) is 0 Å². The fourth-order valence-corrected chi connectivity index (χ4v) is 2.85. The molecule has 0 aliphatic rings. The SMILES string of the molecule is N#CCCCS(=O)(=O)c1ccc(Cl)c(C(=O)O)c1. The predicted molar refractivity (Wildman–Crippen MR) is 65.3 cm³/mol. The van der Waals surface area contributed by atoms with Crippen molar-refractivity contribution >= 4 is 27.4 Å². The predicted octanol–water partition coefficient (Wildman–Crippen LogP) is 2.12. The molecule has 0 amide bonds. The van der Waals surface area contributed by atoms with Crippen LogP contribution in [0, 0.1) is 11.3 Å². The number of nitrogens with zero attached hydrogens (tertiary/aromatic N) is 1. The largest absolute Gasteiger partial charge is 0.478 e. The van der Waals surface area contributed by atoms with Crippen LogP contribution >= 0.6 is 11.6 Å². The third kappa shape index (κ3) is 3.45. The van der Waals surface area contributed by atoms with Crippen LogP contribution in [0.5, 0.6) is 0 Å². The molecule has 96 valence electrons. The van der Waals surface area contributed by atoms with Crippen LogP contribution in [-0.4, -0.2) is 25.2 Å². The zero-order valence-corrected chi connectivity index (χ0v) is 10.8. The van der Waals surface area contributed by atoms with Gasteiger partial charge in [-0.3, -0.25) is 0 Å². The Morgan fingerprint density at radius 2 is 2.11 bits per heavy atom. The fraction of sp³-hybridized carbons (Fsp3) is 0.273. The summed E-state index contributed by atoms with van der Waals surface area (Å²) in [5.74, 6) is -1.48. The van der Waals surface area contributed by atoms with Gasteiger partial charge in [0.2, 0.25) is 0 Å². The summed E-state index contributed by atoms with van der Waals surface area (Å²) < 4.78 is 23.7. The topological polar surface area (TPSA) is 95.2 Å². The second-order valence-electron chi connectivity index (χ2n) is 3.53. The number of sulfone groups is 1. The van der Waals surface area contributed by atoms with E-state index in [9.17, 15) is 13.2 Å². The van der Waals surface area contributed by atoms with Crippen molar-refractivity contribution in [3.8, 4) is 6.07 Å². The Hall–Kier alpha value is -1.58. The lowest BCUT2D eigenvalue weighted by atomic mass is 10.2. The van der Waals surface area contributed by atoms with Crippen molar-refractivity contribution < 1.29 is 18.3 Å². The molecule has 0 aliphatic heterocycles. The van der Waals surface area contributed by atoms with Crippen LogP contribution in [0.25, 0.3) is 0 Å². The lowest BCUT2D eigenvalue weighted by Crippen LogP contribution is -2.08. The molecule has 0 radical (unpaired) electrons. The van der Waals surface area contributed by atoms with Crippen LogP contribution in [-0.2, 0) is 9.84 Å². The van der Waals surface area contributed by atoms with Crippen molar-refractivity contribution in [3.63, 3.8) is 0 Å². The highest BCUT2D eigenvalue weighted by Gasteiger charge is 2.18. The number of rotatable bonds is 5. The molecule has 0 fully saturated rings. The van der Waals surface area contributed by atoms with Crippen molar-refractivity contribution in [1.82, 2.24) is 0 Å². The van der Waals surface area contributed by atoms with Gasteiger partial charge in [0.05, 0.1) is 27.3 Å². The van der Waals surface area contributed by atoms with Crippen molar-refractivity contribution in [3.05, 3.63) is 28.8 Å². The summed E-state index contributed by atoms with van der Waals surface area (Å²) >= 11 is 5.65. The number of unbranched alkanes of at least 4 members (excludes halogenated alkanes) is 1. The van der Waals surface area contributed by atoms with Gasteiger partial charge in [-0.15, -0.1) is 0 Å². The van der Waals surface area contributed by atoms with Crippen molar-refractivity contribution in [1.29, 1.82) is 5.26 Å². The highest BCUT2D eigenvalue weighted by molar-refractivity contribution is 7.91. The maximum absolute atomic E-state index is 11.8. The molecule has 0 aliphatic carbocycles. The van der Waals surface area contributed by atoms with Gasteiger partial charge in [0, 0.05) is 6.42 Å². The molecule has 0 spiro atoms. The molecule has 0 heterocycles. The van der Waals surface area contributed by atoms with E-state index in [4.69, 9.17) is 22.0 Å². The molecule has 5 nitrogen and oxygen atoms in total. The number of nitriles is 1. The van der Waals surface area contributed by atoms with Gasteiger partial charge in [0.15, 0.2) is 9.84 Å². The summed E-state index contributed by atoms with van der Waals surface area (Å²) in [4.78, 5) is 10.7. The quantitative estimate of drug-likeness (QED) is 0.837. The number of carbonyl (C=O) groups is 1. The summed E-state index contributed by atoms with van der Waals surface area (Å²) in [5, 5.41) is 17.2. The van der Waals surface area contributed by atoms with Gasteiger partial charge in [0.1, 0.15) is 0 Å². The highest BCUT2D eigenvalue weighted by atomic mass is 35.5. The van der Waals surface area contributed by atoms with Crippen LogP contribution in [0.3, 0.4) is 0 Å². The van der Waals surface area contributed by atoms with E-state index < -0.39 is 15.8 Å². The van der Waals surface area contributed by atoms with Gasteiger partial charge in [-0.25, -0.2) is 13.2 Å². The lowest BCUT2D eigenvalue weighted by molar-refractivity contribution is 0.0697. The molecule has 0 saturated heterocycles. The average molecular weight is 288 g/mol. The van der Waals surface area contributed by atoms with E-state index in [-0.39, 0.29) is 34.1 Å². The van der Waals surface area contributed by atoms with Gasteiger partial charge in [-0.2, -0.15) is 5.26 Å². The highest BCUT2D eigenvalue weighted by Crippen LogP contribution is 2.21. The van der Waals surface area contributed by atoms with E-state index in [0.29, 0.717) is 0 Å². The Morgan fingerprint density at radius 1 is 1.44 bits per heavy atom. The summed E-state index contributed by atoms with van der Waals surface area (Å²) in [5.41, 5.74) is -0.252. The number of carboxylic acids is 1. The van der Waals surface area contributed by atoms with Crippen LogP contribution in [0.15, 0.2) is 23.1 Å². The standard InChI is InChI=1S/C11H10ClNO4S/c12-10-4-3-8(7-9(10)11(14)15)18(16,17)6-2-1-5-13/h3-4,7H,1-2,6H2,(H,14,15). The molecule has 0 aromatic heterocycles. The summed E-state index contributed by atoms with van der Waals surface area (Å²) in [7, 11) is -3.58. The number of benzene rings is 1. The molecule has 0 atom stereocenters. The van der Waals surface area contributed by atoms with Gasteiger partial charge in [-0.05, 0) is 24.6 Å². The van der Waals surface area contributed by atoms with E-state index in [0.717, 1.165) is 6.07 Å². The van der Waals surface area contributed by atoms with Crippen LogP contribution in [0.4, 0.5) is 0 Å². The maximum Gasteiger partial charge on any atom is 0.337 e. The monoisotopic (exact) mass is 287 g/mol. The minimum atomic E-state index is -3.58. The van der Waals surface area contributed by atoms with Gasteiger partial charge >= 0.3 is 5.97 Å². The Balaban J connectivity index is 3.07. The molecule has 1 N–H and O–H groups in total. The third-order valence-electron chi connectivity index (χ3n) is 2.23. The molecule has 1 aromatic carbocycles. The smallest absolute Gasteiger partial charge is 0.337 e. The first-order valence-corrected chi connectivity index (χ1v) is 7.04. The molecule has 0 bridgehead atoms. The number of halogens is 1. The molecule has 1 aromatic rings. The number of hydrogen-bond acceptors (Lipinski definition) is 4. The van der Waals surface area contributed by atoms with Crippen molar-refractivity contribution in [2.24, 2.45) is 0 Å².